The first kappa shape index (κ1) is 18.3. The molecule has 138 valence electrons. The smallest absolute Gasteiger partial charge is 0.252 e. The van der Waals surface area contributed by atoms with Crippen LogP contribution < -0.4 is 4.90 Å². The zero-order valence-corrected chi connectivity index (χ0v) is 15.8. The fourth-order valence-electron chi connectivity index (χ4n) is 3.24. The highest BCUT2D eigenvalue weighted by Crippen LogP contribution is 2.28. The molecule has 1 atom stereocenters. The molecule has 0 radical (unpaired) electrons. The Bertz CT molecular complexity index is 775. The zero-order chi connectivity index (χ0) is 18.7. The second-order valence-corrected chi connectivity index (χ2v) is 6.57. The van der Waals surface area contributed by atoms with Crippen LogP contribution in [-0.4, -0.2) is 59.6 Å². The van der Waals surface area contributed by atoms with Gasteiger partial charge in [-0.25, -0.2) is 9.97 Å². The summed E-state index contributed by atoms with van der Waals surface area (Å²) in [5, 5.41) is 0. The molecule has 1 aliphatic heterocycles. The quantitative estimate of drug-likeness (QED) is 0.816. The molecule has 26 heavy (non-hydrogen) atoms. The van der Waals surface area contributed by atoms with E-state index in [0.29, 0.717) is 25.3 Å². The number of methoxy groups -OCH3 is 1. The molecule has 2 aromatic rings. The van der Waals surface area contributed by atoms with Crippen molar-refractivity contribution in [3.05, 3.63) is 35.8 Å². The van der Waals surface area contributed by atoms with Gasteiger partial charge < -0.3 is 14.5 Å². The summed E-state index contributed by atoms with van der Waals surface area (Å²) in [5.74, 6) is 1.56. The van der Waals surface area contributed by atoms with E-state index in [0.717, 1.165) is 29.1 Å². The number of hydrogen-bond acceptors (Lipinski definition) is 6. The van der Waals surface area contributed by atoms with Crippen molar-refractivity contribution in [1.82, 2.24) is 19.9 Å². The number of carbonyl (C=O) groups excluding carboxylic acids is 1. The summed E-state index contributed by atoms with van der Waals surface area (Å²) in [4.78, 5) is 30.2. The van der Waals surface area contributed by atoms with E-state index in [2.05, 4.69) is 4.98 Å². The lowest BCUT2D eigenvalue weighted by atomic mass is 10.0. The second-order valence-electron chi connectivity index (χ2n) is 6.57. The third kappa shape index (κ3) is 3.53. The lowest BCUT2D eigenvalue weighted by molar-refractivity contribution is -0.143. The number of amides is 1. The van der Waals surface area contributed by atoms with Crippen LogP contribution in [0.25, 0.3) is 11.4 Å². The Balaban J connectivity index is 1.98. The van der Waals surface area contributed by atoms with Crippen LogP contribution in [0.1, 0.15) is 24.6 Å². The maximum atomic E-state index is 12.7. The van der Waals surface area contributed by atoms with Gasteiger partial charge in [-0.3, -0.25) is 9.78 Å². The largest absolute Gasteiger partial charge is 0.372 e. The molecule has 2 aromatic heterocycles. The van der Waals surface area contributed by atoms with Crippen LogP contribution in [0, 0.1) is 0 Å². The first-order valence-corrected chi connectivity index (χ1v) is 8.84. The van der Waals surface area contributed by atoms with Crippen molar-refractivity contribution in [2.75, 3.05) is 32.6 Å². The first-order valence-electron chi connectivity index (χ1n) is 8.84. The van der Waals surface area contributed by atoms with Gasteiger partial charge >= 0.3 is 0 Å². The Kier molecular flexibility index (Phi) is 5.46. The minimum Gasteiger partial charge on any atom is -0.372 e. The van der Waals surface area contributed by atoms with Crippen LogP contribution >= 0.6 is 0 Å². The van der Waals surface area contributed by atoms with Crippen molar-refractivity contribution in [1.29, 1.82) is 0 Å². The third-order valence-electron chi connectivity index (χ3n) is 4.63. The van der Waals surface area contributed by atoms with Gasteiger partial charge in [-0.2, -0.15) is 0 Å². The number of aromatic nitrogens is 3. The van der Waals surface area contributed by atoms with Gasteiger partial charge in [-0.1, -0.05) is 6.92 Å². The molecular weight excluding hydrogens is 330 g/mol. The van der Waals surface area contributed by atoms with Crippen LogP contribution in [0.3, 0.4) is 0 Å². The number of pyridine rings is 1. The monoisotopic (exact) mass is 355 g/mol. The predicted molar refractivity (Wildman–Crippen MR) is 99.8 cm³/mol. The summed E-state index contributed by atoms with van der Waals surface area (Å²) in [5.41, 5.74) is 2.87. The molecule has 3 rings (SSSR count). The maximum Gasteiger partial charge on any atom is 0.252 e. The van der Waals surface area contributed by atoms with E-state index in [9.17, 15) is 4.79 Å². The van der Waals surface area contributed by atoms with Crippen molar-refractivity contribution in [3.63, 3.8) is 0 Å². The van der Waals surface area contributed by atoms with E-state index < -0.39 is 6.10 Å². The average molecular weight is 355 g/mol. The lowest BCUT2D eigenvalue weighted by Gasteiger charge is -2.32. The maximum absolute atomic E-state index is 12.7. The van der Waals surface area contributed by atoms with Gasteiger partial charge in [-0.05, 0) is 25.0 Å². The Hall–Kier alpha value is -2.54. The van der Waals surface area contributed by atoms with Crippen LogP contribution in [0.5, 0.6) is 0 Å². The van der Waals surface area contributed by atoms with Crippen molar-refractivity contribution >= 4 is 11.7 Å². The summed E-state index contributed by atoms with van der Waals surface area (Å²) in [6.07, 6.45) is 4.48. The van der Waals surface area contributed by atoms with Crippen molar-refractivity contribution in [2.24, 2.45) is 0 Å². The minimum atomic E-state index is -0.399. The summed E-state index contributed by atoms with van der Waals surface area (Å²) >= 11 is 0. The molecule has 1 unspecified atom stereocenters. The molecule has 3 heterocycles. The second kappa shape index (κ2) is 7.78. The van der Waals surface area contributed by atoms with E-state index >= 15 is 0 Å². The topological polar surface area (TPSA) is 71.5 Å². The molecule has 1 amide bonds. The zero-order valence-electron chi connectivity index (χ0n) is 15.8. The van der Waals surface area contributed by atoms with E-state index in [1.54, 1.807) is 19.5 Å². The molecule has 0 saturated carbocycles. The summed E-state index contributed by atoms with van der Waals surface area (Å²) in [6.45, 7) is 3.09. The van der Waals surface area contributed by atoms with Crippen LogP contribution in [0.15, 0.2) is 24.5 Å². The van der Waals surface area contributed by atoms with Crippen molar-refractivity contribution < 1.29 is 9.53 Å². The normalized spacial score (nSPS) is 14.7. The van der Waals surface area contributed by atoms with E-state index in [-0.39, 0.29) is 5.91 Å². The van der Waals surface area contributed by atoms with E-state index in [4.69, 9.17) is 14.7 Å². The van der Waals surface area contributed by atoms with Crippen LogP contribution in [0.2, 0.25) is 0 Å². The molecule has 7 heteroatoms. The molecule has 7 nitrogen and oxygen atoms in total. The number of hydrogen-bond donors (Lipinski definition) is 0. The molecule has 0 aromatic carbocycles. The summed E-state index contributed by atoms with van der Waals surface area (Å²) < 4.78 is 5.32. The molecular formula is C19H25N5O2. The number of rotatable bonds is 5. The Morgan fingerprint density at radius 3 is 2.81 bits per heavy atom. The molecule has 0 aliphatic carbocycles. The SMILES string of the molecule is CCC(OC)C(=O)N1CCc2c(nc(-c3cccnc3)nc2N(C)C)C1. The first-order chi connectivity index (χ1) is 12.5. The fourth-order valence-corrected chi connectivity index (χ4v) is 3.24. The molecule has 0 N–H and O–H groups in total. The van der Waals surface area contributed by atoms with Crippen molar-refractivity contribution in [3.8, 4) is 11.4 Å². The van der Waals surface area contributed by atoms with Gasteiger partial charge in [0.15, 0.2) is 5.82 Å². The van der Waals surface area contributed by atoms with Gasteiger partial charge in [0.05, 0.1) is 12.2 Å². The van der Waals surface area contributed by atoms with Gasteiger partial charge in [0.2, 0.25) is 0 Å². The van der Waals surface area contributed by atoms with Gasteiger partial charge in [0, 0.05) is 51.3 Å². The van der Waals surface area contributed by atoms with Crippen LogP contribution in [0.4, 0.5) is 5.82 Å². The summed E-state index contributed by atoms with van der Waals surface area (Å²) in [6, 6.07) is 3.81. The Morgan fingerprint density at radius 2 is 2.19 bits per heavy atom. The number of fused-ring (bicyclic) bond motifs is 1. The highest BCUT2D eigenvalue weighted by atomic mass is 16.5. The molecule has 0 bridgehead atoms. The van der Waals surface area contributed by atoms with Gasteiger partial charge in [0.1, 0.15) is 11.9 Å². The number of ether oxygens (including phenoxy) is 1. The number of carbonyl (C=O) groups is 1. The highest BCUT2D eigenvalue weighted by molar-refractivity contribution is 5.81. The molecule has 1 aliphatic rings. The Morgan fingerprint density at radius 1 is 1.38 bits per heavy atom. The summed E-state index contributed by atoms with van der Waals surface area (Å²) in [7, 11) is 5.53. The van der Waals surface area contributed by atoms with E-state index in [1.165, 1.54) is 0 Å². The highest BCUT2D eigenvalue weighted by Gasteiger charge is 2.29. The molecule has 0 saturated heterocycles. The lowest BCUT2D eigenvalue weighted by Crippen LogP contribution is -2.43. The molecule has 0 fully saturated rings. The van der Waals surface area contributed by atoms with Crippen molar-refractivity contribution in [2.45, 2.75) is 32.4 Å². The number of anilines is 1. The fraction of sp³-hybridized carbons (Fsp3) is 0.474. The standard InChI is InChI=1S/C19H25N5O2/c1-5-16(26-4)19(25)24-10-8-14-15(12-24)21-17(22-18(14)23(2)3)13-7-6-9-20-11-13/h6-7,9,11,16H,5,8,10,12H2,1-4H3. The predicted octanol–water partition coefficient (Wildman–Crippen LogP) is 1.91. The number of nitrogens with zero attached hydrogens (tertiary/aromatic N) is 5. The third-order valence-corrected chi connectivity index (χ3v) is 4.63. The van der Waals surface area contributed by atoms with Crippen LogP contribution in [-0.2, 0) is 22.5 Å². The van der Waals surface area contributed by atoms with Gasteiger partial charge in [-0.15, -0.1) is 0 Å². The van der Waals surface area contributed by atoms with Gasteiger partial charge in [0.25, 0.3) is 5.91 Å². The minimum absolute atomic E-state index is 0.0218. The average Bonchev–Trinajstić information content (AvgIpc) is 2.68. The Labute approximate surface area is 154 Å². The van der Waals surface area contributed by atoms with E-state index in [1.807, 2.05) is 43.0 Å². The molecule has 0 spiro atoms.